The van der Waals surface area contributed by atoms with E-state index in [1.165, 1.54) is 0 Å². The molecular weight excluding hydrogens is 538 g/mol. The van der Waals surface area contributed by atoms with E-state index < -0.39 is 0 Å². The number of carbonyl (C=O) groups excluding carboxylic acids is 1. The summed E-state index contributed by atoms with van der Waals surface area (Å²) in [5, 5.41) is 7.92. The first kappa shape index (κ1) is 27.9. The molecule has 3 heterocycles. The molecule has 1 amide bonds. The fraction of sp³-hybridized carbons (Fsp3) is 0.281. The molecule has 1 aliphatic heterocycles. The van der Waals surface area contributed by atoms with Crippen molar-refractivity contribution in [3.63, 3.8) is 0 Å². The molecule has 0 spiro atoms. The lowest BCUT2D eigenvalue weighted by Gasteiger charge is -2.28. The largest absolute Gasteiger partial charge is 0.352 e. The lowest BCUT2D eigenvalue weighted by molar-refractivity contribution is -0.116. The van der Waals surface area contributed by atoms with Gasteiger partial charge in [0.15, 0.2) is 5.11 Å². The number of halogens is 1. The van der Waals surface area contributed by atoms with Crippen LogP contribution in [0.5, 0.6) is 0 Å². The maximum absolute atomic E-state index is 13.1. The van der Waals surface area contributed by atoms with E-state index in [2.05, 4.69) is 58.8 Å². The van der Waals surface area contributed by atoms with Crippen molar-refractivity contribution in [2.75, 3.05) is 11.9 Å². The number of para-hydroxylation sites is 1. The van der Waals surface area contributed by atoms with Crippen molar-refractivity contribution in [3.05, 3.63) is 112 Å². The first-order chi connectivity index (χ1) is 19.3. The van der Waals surface area contributed by atoms with Crippen LogP contribution in [0, 0.1) is 20.8 Å². The number of aromatic nitrogens is 2. The summed E-state index contributed by atoms with van der Waals surface area (Å²) in [7, 11) is 0. The number of pyridine rings is 1. The van der Waals surface area contributed by atoms with Gasteiger partial charge in [0.2, 0.25) is 5.91 Å². The maximum Gasteiger partial charge on any atom is 0.226 e. The molecular formula is C32H34ClN5OS. The van der Waals surface area contributed by atoms with Crippen molar-refractivity contribution in [1.29, 1.82) is 0 Å². The van der Waals surface area contributed by atoms with Gasteiger partial charge in [0.25, 0.3) is 0 Å². The van der Waals surface area contributed by atoms with Crippen molar-refractivity contribution >= 4 is 40.5 Å². The number of thiocarbonyl (C=S) groups is 1. The van der Waals surface area contributed by atoms with Gasteiger partial charge in [-0.05, 0) is 92.5 Å². The van der Waals surface area contributed by atoms with E-state index in [4.69, 9.17) is 23.8 Å². The van der Waals surface area contributed by atoms with Crippen LogP contribution in [0.3, 0.4) is 0 Å². The number of carbonyl (C=O) groups is 1. The first-order valence-electron chi connectivity index (χ1n) is 13.6. The number of nitrogens with zero attached hydrogens (tertiary/aromatic N) is 3. The lowest BCUT2D eigenvalue weighted by atomic mass is 9.96. The number of hydrogen-bond acceptors (Lipinski definition) is 3. The maximum atomic E-state index is 13.1. The smallest absolute Gasteiger partial charge is 0.226 e. The van der Waals surface area contributed by atoms with E-state index in [9.17, 15) is 4.79 Å². The van der Waals surface area contributed by atoms with Crippen LogP contribution in [-0.2, 0) is 11.2 Å². The highest BCUT2D eigenvalue weighted by Crippen LogP contribution is 2.41. The Morgan fingerprint density at radius 2 is 1.85 bits per heavy atom. The Labute approximate surface area is 246 Å². The molecule has 1 fully saturated rings. The molecule has 2 atom stereocenters. The van der Waals surface area contributed by atoms with Crippen LogP contribution in [0.1, 0.15) is 59.2 Å². The second-order valence-corrected chi connectivity index (χ2v) is 11.0. The number of nitrogens with one attached hydrogen (secondary N) is 2. The van der Waals surface area contributed by atoms with Crippen molar-refractivity contribution < 1.29 is 4.79 Å². The molecule has 2 aromatic carbocycles. The van der Waals surface area contributed by atoms with Crippen LogP contribution in [0.4, 0.5) is 5.69 Å². The first-order valence-corrected chi connectivity index (χ1v) is 14.4. The summed E-state index contributed by atoms with van der Waals surface area (Å²) < 4.78 is 2.25. The zero-order valence-electron chi connectivity index (χ0n) is 23.2. The molecule has 2 N–H and O–H groups in total. The van der Waals surface area contributed by atoms with E-state index in [0.717, 1.165) is 51.6 Å². The minimum atomic E-state index is -0.160. The average molecular weight is 572 g/mol. The summed E-state index contributed by atoms with van der Waals surface area (Å²) in [6.07, 6.45) is 2.96. The Morgan fingerprint density at radius 1 is 1.07 bits per heavy atom. The summed E-state index contributed by atoms with van der Waals surface area (Å²) in [5.41, 5.74) is 8.42. The van der Waals surface area contributed by atoms with Gasteiger partial charge >= 0.3 is 0 Å². The number of anilines is 1. The van der Waals surface area contributed by atoms with Gasteiger partial charge in [-0.3, -0.25) is 9.78 Å². The van der Waals surface area contributed by atoms with Crippen molar-refractivity contribution in [1.82, 2.24) is 19.8 Å². The molecule has 0 saturated carbocycles. The number of rotatable bonds is 8. The normalized spacial score (nSPS) is 16.7. The molecule has 0 bridgehead atoms. The van der Waals surface area contributed by atoms with Crippen molar-refractivity contribution in [2.45, 2.75) is 52.6 Å². The summed E-state index contributed by atoms with van der Waals surface area (Å²) in [4.78, 5) is 19.9. The molecule has 8 heteroatoms. The highest BCUT2D eigenvalue weighted by Gasteiger charge is 2.41. The highest BCUT2D eigenvalue weighted by molar-refractivity contribution is 7.80. The van der Waals surface area contributed by atoms with Crippen LogP contribution < -0.4 is 10.6 Å². The van der Waals surface area contributed by atoms with Gasteiger partial charge < -0.3 is 20.1 Å². The van der Waals surface area contributed by atoms with Crippen LogP contribution in [-0.4, -0.2) is 32.0 Å². The predicted octanol–water partition coefficient (Wildman–Crippen LogP) is 7.01. The average Bonchev–Trinajstić information content (AvgIpc) is 3.43. The van der Waals surface area contributed by atoms with Gasteiger partial charge in [-0.25, -0.2) is 0 Å². The molecule has 206 valence electrons. The number of hydrogen-bond donors (Lipinski definition) is 2. The summed E-state index contributed by atoms with van der Waals surface area (Å²) in [5.74, 6) is -0.0382. The highest BCUT2D eigenvalue weighted by atomic mass is 35.5. The molecule has 2 aromatic heterocycles. The monoisotopic (exact) mass is 571 g/mol. The minimum absolute atomic E-state index is 0.0382. The third-order valence-corrected chi connectivity index (χ3v) is 8.24. The number of amides is 1. The fourth-order valence-corrected chi connectivity index (χ4v) is 6.15. The third-order valence-electron chi connectivity index (χ3n) is 7.65. The third kappa shape index (κ3) is 5.49. The Morgan fingerprint density at radius 3 is 2.60 bits per heavy atom. The van der Waals surface area contributed by atoms with E-state index in [0.29, 0.717) is 23.1 Å². The van der Waals surface area contributed by atoms with Crippen molar-refractivity contribution in [3.8, 4) is 5.69 Å². The number of aryl methyl sites for hydroxylation is 3. The summed E-state index contributed by atoms with van der Waals surface area (Å²) >= 11 is 12.3. The second kappa shape index (κ2) is 11.8. The molecule has 0 aliphatic carbocycles. The molecule has 0 unspecified atom stereocenters. The molecule has 5 rings (SSSR count). The molecule has 40 heavy (non-hydrogen) atoms. The van der Waals surface area contributed by atoms with Gasteiger partial charge in [-0.2, -0.15) is 0 Å². The van der Waals surface area contributed by atoms with Crippen LogP contribution in [0.25, 0.3) is 5.69 Å². The minimum Gasteiger partial charge on any atom is -0.352 e. The Kier molecular flexibility index (Phi) is 8.24. The topological polar surface area (TPSA) is 62.2 Å². The molecule has 4 aromatic rings. The van der Waals surface area contributed by atoms with Gasteiger partial charge in [-0.1, -0.05) is 48.9 Å². The molecule has 1 aliphatic rings. The zero-order chi connectivity index (χ0) is 28.4. The molecule has 1 saturated heterocycles. The Balaban J connectivity index is 1.49. The van der Waals surface area contributed by atoms with Gasteiger partial charge in [0.1, 0.15) is 0 Å². The van der Waals surface area contributed by atoms with Gasteiger partial charge in [0.05, 0.1) is 17.8 Å². The fourth-order valence-electron chi connectivity index (χ4n) is 5.65. The predicted molar refractivity (Wildman–Crippen MR) is 166 cm³/mol. The lowest BCUT2D eigenvalue weighted by Crippen LogP contribution is -2.33. The standard InChI is InChI=1S/C32H34ClN5OS/c1-5-23-10-6-7-11-26(23)35-29(39)15-17-37-31(30(36-32(37)40)27-12-8-9-16-34-27)25-18-21(3)38(22(25)4)28-19-24(33)14-13-20(28)2/h6-14,16,18-19,30-31H,5,15,17H2,1-4H3,(H,35,39)(H,36,40)/t30-,31-/m1/s1. The van der Waals surface area contributed by atoms with Gasteiger partial charge in [0, 0.05) is 46.9 Å². The van der Waals surface area contributed by atoms with Crippen LogP contribution in [0.2, 0.25) is 5.02 Å². The van der Waals surface area contributed by atoms with E-state index >= 15 is 0 Å². The number of benzene rings is 2. The van der Waals surface area contributed by atoms with E-state index in [-0.39, 0.29) is 18.0 Å². The summed E-state index contributed by atoms with van der Waals surface area (Å²) in [6.45, 7) is 8.89. The SMILES string of the molecule is CCc1ccccc1NC(=O)CCN1C(=S)N[C@H](c2ccccn2)[C@H]1c1cc(C)n(-c2cc(Cl)ccc2C)c1C. The quantitative estimate of drug-likeness (QED) is 0.223. The summed E-state index contributed by atoms with van der Waals surface area (Å²) in [6, 6.07) is 21.7. The van der Waals surface area contributed by atoms with Crippen LogP contribution in [0.15, 0.2) is 72.9 Å². The van der Waals surface area contributed by atoms with E-state index in [1.54, 1.807) is 6.20 Å². The van der Waals surface area contributed by atoms with E-state index in [1.807, 2.05) is 60.7 Å². The Bertz CT molecular complexity index is 1550. The molecule has 6 nitrogen and oxygen atoms in total. The van der Waals surface area contributed by atoms with Crippen molar-refractivity contribution in [2.24, 2.45) is 0 Å². The second-order valence-electron chi connectivity index (χ2n) is 10.2. The zero-order valence-corrected chi connectivity index (χ0v) is 24.8. The Hall–Kier alpha value is -3.68. The van der Waals surface area contributed by atoms with Crippen LogP contribution >= 0.6 is 23.8 Å². The molecule has 0 radical (unpaired) electrons. The van der Waals surface area contributed by atoms with Gasteiger partial charge in [-0.15, -0.1) is 0 Å².